The van der Waals surface area contributed by atoms with Gasteiger partial charge in [-0.2, -0.15) is 0 Å². The van der Waals surface area contributed by atoms with Crippen LogP contribution in [0.2, 0.25) is 0 Å². The lowest BCUT2D eigenvalue weighted by Crippen LogP contribution is -2.03. The minimum Gasteiger partial charge on any atom is -0.493 e. The standard InChI is InChI=1S/C11H14O3.C6H6/c1-2-3-8-14-10-7-5-4-6-9(10)11(12)13;1-2-4-6-5-3-1/h4-7H,2-3,8H2,1H3,(H,12,13);1-6H. The largest absolute Gasteiger partial charge is 0.493 e. The second kappa shape index (κ2) is 9.62. The van der Waals surface area contributed by atoms with Crippen LogP contribution in [0.1, 0.15) is 30.1 Å². The second-order valence-electron chi connectivity index (χ2n) is 4.16. The van der Waals surface area contributed by atoms with Gasteiger partial charge in [0.05, 0.1) is 6.61 Å². The number of hydrogen-bond acceptors (Lipinski definition) is 2. The Morgan fingerprint density at radius 1 is 1.00 bits per heavy atom. The lowest BCUT2D eigenvalue weighted by molar-refractivity contribution is 0.0692. The monoisotopic (exact) mass is 272 g/mol. The molecular weight excluding hydrogens is 252 g/mol. The first kappa shape index (κ1) is 15.8. The van der Waals surface area contributed by atoms with Gasteiger partial charge in [0, 0.05) is 0 Å². The quantitative estimate of drug-likeness (QED) is 0.828. The van der Waals surface area contributed by atoms with E-state index in [1.54, 1.807) is 24.3 Å². The third kappa shape index (κ3) is 6.05. The molecule has 2 aromatic rings. The van der Waals surface area contributed by atoms with E-state index < -0.39 is 5.97 Å². The van der Waals surface area contributed by atoms with Crippen molar-refractivity contribution in [1.82, 2.24) is 0 Å². The fourth-order valence-corrected chi connectivity index (χ4v) is 1.48. The predicted octanol–water partition coefficient (Wildman–Crippen LogP) is 4.25. The lowest BCUT2D eigenvalue weighted by Gasteiger charge is -2.07. The maximum absolute atomic E-state index is 10.8. The number of hydrogen-bond donors (Lipinski definition) is 1. The van der Waals surface area contributed by atoms with Crippen LogP contribution in [0.3, 0.4) is 0 Å². The van der Waals surface area contributed by atoms with Crippen molar-refractivity contribution in [2.45, 2.75) is 19.8 Å². The maximum Gasteiger partial charge on any atom is 0.339 e. The van der Waals surface area contributed by atoms with Gasteiger partial charge in [-0.05, 0) is 18.6 Å². The van der Waals surface area contributed by atoms with E-state index in [0.717, 1.165) is 12.8 Å². The van der Waals surface area contributed by atoms with E-state index in [-0.39, 0.29) is 5.56 Å². The predicted molar refractivity (Wildman–Crippen MR) is 80.2 cm³/mol. The molecule has 0 saturated heterocycles. The molecule has 3 nitrogen and oxygen atoms in total. The highest BCUT2D eigenvalue weighted by molar-refractivity contribution is 5.90. The molecule has 106 valence electrons. The van der Waals surface area contributed by atoms with E-state index in [2.05, 4.69) is 6.92 Å². The van der Waals surface area contributed by atoms with Gasteiger partial charge in [0.15, 0.2) is 0 Å². The highest BCUT2D eigenvalue weighted by Crippen LogP contribution is 2.17. The molecule has 3 heteroatoms. The Morgan fingerprint density at radius 3 is 2.05 bits per heavy atom. The molecule has 0 aliphatic rings. The Hall–Kier alpha value is -2.29. The number of benzene rings is 2. The van der Waals surface area contributed by atoms with Gasteiger partial charge in [-0.1, -0.05) is 61.9 Å². The van der Waals surface area contributed by atoms with Gasteiger partial charge in [0.1, 0.15) is 11.3 Å². The Labute approximate surface area is 119 Å². The first-order valence-corrected chi connectivity index (χ1v) is 6.70. The number of ether oxygens (including phenoxy) is 1. The maximum atomic E-state index is 10.8. The van der Waals surface area contributed by atoms with E-state index in [0.29, 0.717) is 12.4 Å². The SMILES string of the molecule is CCCCOc1ccccc1C(=O)O.c1ccccc1. The number of carboxylic acid groups (broad SMARTS) is 1. The normalized spacial score (nSPS) is 9.25. The molecule has 2 rings (SSSR count). The number of carbonyl (C=O) groups is 1. The van der Waals surface area contributed by atoms with Crippen LogP contribution >= 0.6 is 0 Å². The molecule has 0 unspecified atom stereocenters. The van der Waals surface area contributed by atoms with Gasteiger partial charge in [-0.3, -0.25) is 0 Å². The van der Waals surface area contributed by atoms with Crippen LogP contribution in [0.5, 0.6) is 5.75 Å². The average molecular weight is 272 g/mol. The summed E-state index contributed by atoms with van der Waals surface area (Å²) in [7, 11) is 0. The van der Waals surface area contributed by atoms with E-state index in [1.807, 2.05) is 36.4 Å². The first-order valence-electron chi connectivity index (χ1n) is 6.70. The zero-order chi connectivity index (χ0) is 14.6. The van der Waals surface area contributed by atoms with Gasteiger partial charge in [-0.15, -0.1) is 0 Å². The molecule has 0 radical (unpaired) electrons. The number of aromatic carboxylic acids is 1. The summed E-state index contributed by atoms with van der Waals surface area (Å²) in [6.45, 7) is 2.63. The van der Waals surface area contributed by atoms with Crippen molar-refractivity contribution in [2.75, 3.05) is 6.61 Å². The fraction of sp³-hybridized carbons (Fsp3) is 0.235. The smallest absolute Gasteiger partial charge is 0.339 e. The molecule has 0 aromatic heterocycles. The Balaban J connectivity index is 0.000000276. The zero-order valence-electron chi connectivity index (χ0n) is 11.7. The van der Waals surface area contributed by atoms with Gasteiger partial charge >= 0.3 is 5.97 Å². The molecule has 0 saturated carbocycles. The summed E-state index contributed by atoms with van der Waals surface area (Å²) in [5, 5.41) is 8.84. The topological polar surface area (TPSA) is 46.5 Å². The third-order valence-corrected chi connectivity index (χ3v) is 2.54. The van der Waals surface area contributed by atoms with E-state index in [9.17, 15) is 4.79 Å². The van der Waals surface area contributed by atoms with Crippen molar-refractivity contribution in [3.05, 3.63) is 66.2 Å². The van der Waals surface area contributed by atoms with Crippen molar-refractivity contribution in [3.63, 3.8) is 0 Å². The van der Waals surface area contributed by atoms with Crippen LogP contribution in [-0.2, 0) is 0 Å². The van der Waals surface area contributed by atoms with Gasteiger partial charge < -0.3 is 9.84 Å². The second-order valence-corrected chi connectivity index (χ2v) is 4.16. The zero-order valence-corrected chi connectivity index (χ0v) is 11.7. The van der Waals surface area contributed by atoms with E-state index >= 15 is 0 Å². The molecule has 0 atom stereocenters. The summed E-state index contributed by atoms with van der Waals surface area (Å²) in [4.78, 5) is 10.8. The summed E-state index contributed by atoms with van der Waals surface area (Å²) in [5.41, 5.74) is 0.226. The minimum atomic E-state index is -0.947. The Bertz CT molecular complexity index is 468. The molecule has 0 aliphatic carbocycles. The molecule has 0 aliphatic heterocycles. The highest BCUT2D eigenvalue weighted by atomic mass is 16.5. The highest BCUT2D eigenvalue weighted by Gasteiger charge is 2.09. The van der Waals surface area contributed by atoms with Crippen LogP contribution in [0.15, 0.2) is 60.7 Å². The van der Waals surface area contributed by atoms with Crippen LogP contribution in [0.4, 0.5) is 0 Å². The minimum absolute atomic E-state index is 0.226. The van der Waals surface area contributed by atoms with Crippen LogP contribution < -0.4 is 4.74 Å². The van der Waals surface area contributed by atoms with Crippen molar-refractivity contribution >= 4 is 5.97 Å². The molecule has 0 spiro atoms. The fourth-order valence-electron chi connectivity index (χ4n) is 1.48. The summed E-state index contributed by atoms with van der Waals surface area (Å²) in [6, 6.07) is 18.7. The average Bonchev–Trinajstić information content (AvgIpc) is 2.50. The first-order chi connectivity index (χ1) is 9.75. The van der Waals surface area contributed by atoms with Crippen LogP contribution in [-0.4, -0.2) is 17.7 Å². The van der Waals surface area contributed by atoms with Crippen molar-refractivity contribution < 1.29 is 14.6 Å². The van der Waals surface area contributed by atoms with Crippen LogP contribution in [0.25, 0.3) is 0 Å². The van der Waals surface area contributed by atoms with Crippen molar-refractivity contribution in [3.8, 4) is 5.75 Å². The van der Waals surface area contributed by atoms with Gasteiger partial charge in [-0.25, -0.2) is 4.79 Å². The molecular formula is C17H20O3. The van der Waals surface area contributed by atoms with Gasteiger partial charge in [0.25, 0.3) is 0 Å². The number of carboxylic acids is 1. The van der Waals surface area contributed by atoms with Crippen LogP contribution in [0, 0.1) is 0 Å². The molecule has 2 aromatic carbocycles. The molecule has 0 amide bonds. The number of unbranched alkanes of at least 4 members (excludes halogenated alkanes) is 1. The molecule has 20 heavy (non-hydrogen) atoms. The molecule has 0 bridgehead atoms. The molecule has 1 N–H and O–H groups in total. The number of para-hydroxylation sites is 1. The van der Waals surface area contributed by atoms with E-state index in [1.165, 1.54) is 0 Å². The lowest BCUT2D eigenvalue weighted by atomic mass is 10.2. The summed E-state index contributed by atoms with van der Waals surface area (Å²) < 4.78 is 5.36. The summed E-state index contributed by atoms with van der Waals surface area (Å²) in [6.07, 6.45) is 1.98. The Morgan fingerprint density at radius 2 is 1.55 bits per heavy atom. The van der Waals surface area contributed by atoms with Crippen molar-refractivity contribution in [2.24, 2.45) is 0 Å². The van der Waals surface area contributed by atoms with Gasteiger partial charge in [0.2, 0.25) is 0 Å². The van der Waals surface area contributed by atoms with Crippen molar-refractivity contribution in [1.29, 1.82) is 0 Å². The molecule has 0 heterocycles. The number of rotatable bonds is 5. The summed E-state index contributed by atoms with van der Waals surface area (Å²) in [5.74, 6) is -0.495. The van der Waals surface area contributed by atoms with E-state index in [4.69, 9.17) is 9.84 Å². The summed E-state index contributed by atoms with van der Waals surface area (Å²) >= 11 is 0. The molecule has 0 fully saturated rings. The Kier molecular flexibility index (Phi) is 7.58. The third-order valence-electron chi connectivity index (χ3n) is 2.54.